The van der Waals surface area contributed by atoms with Crippen molar-refractivity contribution >= 4 is 16.6 Å². The number of rotatable bonds is 1. The highest BCUT2D eigenvalue weighted by atomic mass is 19.4. The second-order valence-electron chi connectivity index (χ2n) is 4.18. The van der Waals surface area contributed by atoms with E-state index >= 15 is 0 Å². The van der Waals surface area contributed by atoms with E-state index in [9.17, 15) is 13.2 Å². The average molecular weight is 243 g/mol. The highest BCUT2D eigenvalue weighted by Gasteiger charge is 2.31. The Labute approximate surface area is 96.0 Å². The van der Waals surface area contributed by atoms with Gasteiger partial charge in [-0.3, -0.25) is 4.68 Å². The molecule has 2 N–H and O–H groups in total. The quantitative estimate of drug-likeness (QED) is 0.781. The predicted octanol–water partition coefficient (Wildman–Crippen LogP) is 3.22. The van der Waals surface area contributed by atoms with Crippen molar-refractivity contribution in [3.63, 3.8) is 0 Å². The Morgan fingerprint density at radius 3 is 2.47 bits per heavy atom. The van der Waals surface area contributed by atoms with E-state index in [-0.39, 0.29) is 11.7 Å². The van der Waals surface area contributed by atoms with Crippen LogP contribution in [0.2, 0.25) is 0 Å². The number of benzene rings is 1. The maximum Gasteiger partial charge on any atom is 0.416 e. The zero-order valence-corrected chi connectivity index (χ0v) is 9.42. The summed E-state index contributed by atoms with van der Waals surface area (Å²) in [6, 6.07) is 2.00. The van der Waals surface area contributed by atoms with Crippen LogP contribution < -0.4 is 5.73 Å². The molecule has 92 valence electrons. The molecule has 1 aromatic carbocycles. The smallest absolute Gasteiger partial charge is 0.398 e. The van der Waals surface area contributed by atoms with Gasteiger partial charge in [0.1, 0.15) is 0 Å². The minimum absolute atomic E-state index is 0.0182. The lowest BCUT2D eigenvalue weighted by molar-refractivity contribution is -0.137. The fourth-order valence-corrected chi connectivity index (χ4v) is 1.75. The maximum absolute atomic E-state index is 12.6. The number of anilines is 1. The van der Waals surface area contributed by atoms with Crippen LogP contribution in [0.4, 0.5) is 18.9 Å². The standard InChI is InChI=1S/C11H12F3N3/c1-6(2)17-10-4-7(11(12,13)14)3-9(15)8(10)5-16-17/h3-6H,15H2,1-2H3. The number of hydrogen-bond donors (Lipinski definition) is 1. The topological polar surface area (TPSA) is 43.8 Å². The molecule has 6 heteroatoms. The SMILES string of the molecule is CC(C)n1ncc2c(N)cc(C(F)(F)F)cc21. The summed E-state index contributed by atoms with van der Waals surface area (Å²) >= 11 is 0. The first-order valence-electron chi connectivity index (χ1n) is 5.14. The van der Waals surface area contributed by atoms with E-state index in [0.29, 0.717) is 10.9 Å². The van der Waals surface area contributed by atoms with E-state index in [1.165, 1.54) is 10.9 Å². The third-order valence-electron chi connectivity index (χ3n) is 2.56. The van der Waals surface area contributed by atoms with Crippen LogP contribution in [-0.2, 0) is 6.18 Å². The van der Waals surface area contributed by atoms with Crippen LogP contribution in [0.15, 0.2) is 18.3 Å². The Bertz CT molecular complexity index is 555. The average Bonchev–Trinajstić information content (AvgIpc) is 2.60. The number of fused-ring (bicyclic) bond motifs is 1. The van der Waals surface area contributed by atoms with E-state index in [2.05, 4.69) is 5.10 Å². The Morgan fingerprint density at radius 1 is 1.29 bits per heavy atom. The van der Waals surface area contributed by atoms with Crippen molar-refractivity contribution in [1.29, 1.82) is 0 Å². The Kier molecular flexibility index (Phi) is 2.52. The number of nitrogens with two attached hydrogens (primary N) is 1. The number of nitrogens with zero attached hydrogens (tertiary/aromatic N) is 2. The molecule has 17 heavy (non-hydrogen) atoms. The van der Waals surface area contributed by atoms with Crippen molar-refractivity contribution in [2.24, 2.45) is 0 Å². The zero-order valence-electron chi connectivity index (χ0n) is 9.42. The molecule has 0 fully saturated rings. The highest BCUT2D eigenvalue weighted by molar-refractivity contribution is 5.91. The van der Waals surface area contributed by atoms with Gasteiger partial charge < -0.3 is 5.73 Å². The molecule has 0 saturated carbocycles. The normalized spacial score (nSPS) is 12.6. The van der Waals surface area contributed by atoms with Gasteiger partial charge in [-0.15, -0.1) is 0 Å². The molecule has 0 unspecified atom stereocenters. The third kappa shape index (κ3) is 1.94. The Balaban J connectivity index is 2.74. The fourth-order valence-electron chi connectivity index (χ4n) is 1.75. The van der Waals surface area contributed by atoms with E-state index in [1.54, 1.807) is 0 Å². The van der Waals surface area contributed by atoms with E-state index < -0.39 is 11.7 Å². The summed E-state index contributed by atoms with van der Waals surface area (Å²) < 4.78 is 39.5. The van der Waals surface area contributed by atoms with E-state index in [0.717, 1.165) is 12.1 Å². The lowest BCUT2D eigenvalue weighted by Crippen LogP contribution is -2.08. The molecule has 0 aliphatic carbocycles. The lowest BCUT2D eigenvalue weighted by atomic mass is 10.1. The van der Waals surface area contributed by atoms with Gasteiger partial charge in [0.05, 0.1) is 17.3 Å². The fraction of sp³-hybridized carbons (Fsp3) is 0.364. The van der Waals surface area contributed by atoms with Gasteiger partial charge in [-0.1, -0.05) is 0 Å². The lowest BCUT2D eigenvalue weighted by Gasteiger charge is -2.11. The first-order chi connectivity index (χ1) is 7.80. The van der Waals surface area contributed by atoms with Crippen molar-refractivity contribution in [2.45, 2.75) is 26.1 Å². The minimum atomic E-state index is -4.39. The zero-order chi connectivity index (χ0) is 12.8. The van der Waals surface area contributed by atoms with Crippen LogP contribution in [0, 0.1) is 0 Å². The molecule has 1 aromatic heterocycles. The molecule has 1 heterocycles. The largest absolute Gasteiger partial charge is 0.416 e. The van der Waals surface area contributed by atoms with Gasteiger partial charge in [-0.05, 0) is 26.0 Å². The van der Waals surface area contributed by atoms with Crippen molar-refractivity contribution < 1.29 is 13.2 Å². The van der Waals surface area contributed by atoms with Gasteiger partial charge in [0, 0.05) is 17.1 Å². The number of nitrogen functional groups attached to an aromatic ring is 1. The van der Waals surface area contributed by atoms with Crippen molar-refractivity contribution in [3.05, 3.63) is 23.9 Å². The van der Waals surface area contributed by atoms with E-state index in [4.69, 9.17) is 5.73 Å². The molecule has 0 aliphatic rings. The minimum Gasteiger partial charge on any atom is -0.398 e. The summed E-state index contributed by atoms with van der Waals surface area (Å²) in [4.78, 5) is 0. The summed E-state index contributed by atoms with van der Waals surface area (Å²) in [5.74, 6) is 0. The molecule has 0 saturated heterocycles. The summed E-state index contributed by atoms with van der Waals surface area (Å²) in [6.07, 6.45) is -2.90. The second kappa shape index (κ2) is 3.65. The van der Waals surface area contributed by atoms with Crippen LogP contribution in [0.25, 0.3) is 10.9 Å². The molecule has 2 aromatic rings. The molecular weight excluding hydrogens is 231 g/mol. The number of halogens is 3. The molecule has 0 bridgehead atoms. The maximum atomic E-state index is 12.6. The molecule has 0 atom stereocenters. The highest BCUT2D eigenvalue weighted by Crippen LogP contribution is 2.34. The van der Waals surface area contributed by atoms with Gasteiger partial charge in [0.25, 0.3) is 0 Å². The Hall–Kier alpha value is -1.72. The summed E-state index contributed by atoms with van der Waals surface area (Å²) in [5.41, 5.74) is 5.38. The van der Waals surface area contributed by atoms with Crippen LogP contribution >= 0.6 is 0 Å². The van der Waals surface area contributed by atoms with Crippen LogP contribution in [-0.4, -0.2) is 9.78 Å². The second-order valence-corrected chi connectivity index (χ2v) is 4.18. The predicted molar refractivity (Wildman–Crippen MR) is 59.5 cm³/mol. The van der Waals surface area contributed by atoms with E-state index in [1.807, 2.05) is 13.8 Å². The van der Waals surface area contributed by atoms with Gasteiger partial charge in [-0.2, -0.15) is 18.3 Å². The number of aromatic nitrogens is 2. The van der Waals surface area contributed by atoms with Crippen molar-refractivity contribution in [2.75, 3.05) is 5.73 Å². The summed E-state index contributed by atoms with van der Waals surface area (Å²) in [5, 5.41) is 4.60. The van der Waals surface area contributed by atoms with Crippen LogP contribution in [0.5, 0.6) is 0 Å². The molecular formula is C11H12F3N3. The first-order valence-corrected chi connectivity index (χ1v) is 5.14. The molecule has 0 radical (unpaired) electrons. The molecule has 2 rings (SSSR count). The third-order valence-corrected chi connectivity index (χ3v) is 2.56. The van der Waals surface area contributed by atoms with Gasteiger partial charge in [0.15, 0.2) is 0 Å². The monoisotopic (exact) mass is 243 g/mol. The molecule has 3 nitrogen and oxygen atoms in total. The first kappa shape index (κ1) is 11.8. The number of alkyl halides is 3. The molecule has 0 amide bonds. The summed E-state index contributed by atoms with van der Waals surface area (Å²) in [7, 11) is 0. The van der Waals surface area contributed by atoms with Gasteiger partial charge >= 0.3 is 6.18 Å². The van der Waals surface area contributed by atoms with Crippen molar-refractivity contribution in [1.82, 2.24) is 9.78 Å². The van der Waals surface area contributed by atoms with Gasteiger partial charge in [-0.25, -0.2) is 0 Å². The van der Waals surface area contributed by atoms with Crippen LogP contribution in [0.3, 0.4) is 0 Å². The molecule has 0 spiro atoms. The van der Waals surface area contributed by atoms with Gasteiger partial charge in [0.2, 0.25) is 0 Å². The molecule has 0 aliphatic heterocycles. The Morgan fingerprint density at radius 2 is 1.94 bits per heavy atom. The number of hydrogen-bond acceptors (Lipinski definition) is 2. The van der Waals surface area contributed by atoms with Crippen LogP contribution in [0.1, 0.15) is 25.5 Å². The van der Waals surface area contributed by atoms with Crippen molar-refractivity contribution in [3.8, 4) is 0 Å². The summed E-state index contributed by atoms with van der Waals surface area (Å²) in [6.45, 7) is 3.70.